The number of ether oxygens (including phenoxy) is 4. The van der Waals surface area contributed by atoms with Gasteiger partial charge in [-0.05, 0) is 114 Å². The van der Waals surface area contributed by atoms with Crippen molar-refractivity contribution >= 4 is 67.5 Å². The summed E-state index contributed by atoms with van der Waals surface area (Å²) in [6.45, 7) is 1.79. The van der Waals surface area contributed by atoms with Crippen LogP contribution in [0.1, 0.15) is 70.9 Å². The molecule has 3 heterocycles. The molecule has 0 spiro atoms. The molecule has 1 unspecified atom stereocenters. The quantitative estimate of drug-likeness (QED) is 0.0990. The Balaban J connectivity index is 0.965. The van der Waals surface area contributed by atoms with E-state index in [9.17, 15) is 28.1 Å². The van der Waals surface area contributed by atoms with Crippen LogP contribution in [0.25, 0.3) is 11.1 Å². The van der Waals surface area contributed by atoms with Crippen molar-refractivity contribution in [1.29, 1.82) is 5.26 Å². The van der Waals surface area contributed by atoms with Crippen molar-refractivity contribution in [3.05, 3.63) is 152 Å². The van der Waals surface area contributed by atoms with E-state index in [1.165, 1.54) is 7.11 Å². The largest absolute Gasteiger partial charge is 0.489 e. The molecule has 1 fully saturated rings. The van der Waals surface area contributed by atoms with Gasteiger partial charge in [-0.3, -0.25) is 9.59 Å². The minimum atomic E-state index is -4.48. The minimum absolute atomic E-state index is 0.0501. The number of anilines is 1. The van der Waals surface area contributed by atoms with Crippen LogP contribution in [-0.4, -0.2) is 61.3 Å². The lowest BCUT2D eigenvalue weighted by atomic mass is 9.93. The summed E-state index contributed by atoms with van der Waals surface area (Å²) in [5, 5.41) is 15.9. The molecule has 0 bridgehead atoms. The van der Waals surface area contributed by atoms with Gasteiger partial charge >= 0.3 is 5.97 Å². The molecule has 3 aliphatic rings. The highest BCUT2D eigenvalue weighted by molar-refractivity contribution is 7.91. The molecule has 6 aromatic rings. The zero-order valence-electron chi connectivity index (χ0n) is 38.1. The Morgan fingerprint density at radius 3 is 2.26 bits per heavy atom. The average molecular weight is 1020 g/mol. The molecular weight excluding hydrogens is 974 g/mol. The van der Waals surface area contributed by atoms with Crippen molar-refractivity contribution in [3.8, 4) is 34.4 Å². The van der Waals surface area contributed by atoms with Crippen molar-refractivity contribution < 1.29 is 41.7 Å². The normalized spacial score (nSPS) is 17.2. The second-order valence-electron chi connectivity index (χ2n) is 17.4. The molecule has 18 heteroatoms. The summed E-state index contributed by atoms with van der Waals surface area (Å²) in [6.07, 6.45) is 2.88. The van der Waals surface area contributed by atoms with Crippen LogP contribution in [0.2, 0.25) is 10.0 Å². The molecule has 70 heavy (non-hydrogen) atoms. The number of nitrogens with zero attached hydrogens (tertiary/aromatic N) is 3. The predicted molar refractivity (Wildman–Crippen MR) is 264 cm³/mol. The molecule has 2 aliphatic heterocycles. The molecule has 1 saturated carbocycles. The van der Waals surface area contributed by atoms with Gasteiger partial charge in [-0.1, -0.05) is 102 Å². The van der Waals surface area contributed by atoms with E-state index < -0.39 is 40.1 Å². The Hall–Kier alpha value is -6.48. The van der Waals surface area contributed by atoms with E-state index in [-0.39, 0.29) is 59.5 Å². The van der Waals surface area contributed by atoms with Crippen LogP contribution in [0.5, 0.6) is 17.2 Å². The molecule has 360 valence electrons. The second kappa shape index (κ2) is 20.9. The van der Waals surface area contributed by atoms with E-state index in [1.54, 1.807) is 43.3 Å². The highest BCUT2D eigenvalue weighted by Crippen LogP contribution is 2.43. The minimum Gasteiger partial charge on any atom is -0.489 e. The third-order valence-electron chi connectivity index (χ3n) is 12.8. The second-order valence-corrected chi connectivity index (χ2v) is 21.3. The predicted octanol–water partition coefficient (Wildman–Crippen LogP) is 9.53. The van der Waals surface area contributed by atoms with Crippen molar-refractivity contribution in [2.45, 2.75) is 81.0 Å². The third kappa shape index (κ3) is 10.6. The van der Waals surface area contributed by atoms with Crippen LogP contribution >= 0.6 is 34.5 Å². The van der Waals surface area contributed by atoms with Crippen LogP contribution in [-0.2, 0) is 55.1 Å². The standard InChI is InChI=1S/C52H47Cl2N5O9S2/c1-30-51(69-52(56-30)58-48(60)37-5-3-4-6-37)70(63,64)59-27-39-25-46-45(67-29-47(68-46)36-16-18-40(19-17-36)66-28-33-11-20-41(53)42(54)21-33)24-38(39)23-44(59)49(61)57-43(50(62)65-2)22-31-7-12-34(13-8-31)35-14-9-32(26-55)10-15-35/h7-21,24-25,37,43-44,47H,3-6,22-23,27-29H2,1-2H3,(H,57,61)(H,56,58,60)/t43-,44?,47+/m0/s1. The van der Waals surface area contributed by atoms with E-state index in [0.29, 0.717) is 49.5 Å². The van der Waals surface area contributed by atoms with Gasteiger partial charge in [-0.15, -0.1) is 0 Å². The van der Waals surface area contributed by atoms with E-state index >= 15 is 0 Å². The number of esters is 1. The molecule has 2 amide bonds. The van der Waals surface area contributed by atoms with Crippen LogP contribution in [0, 0.1) is 24.2 Å². The summed E-state index contributed by atoms with van der Waals surface area (Å²) < 4.78 is 54.8. The zero-order chi connectivity index (χ0) is 49.1. The fourth-order valence-electron chi connectivity index (χ4n) is 8.93. The average Bonchev–Trinajstić information content (AvgIpc) is 4.06. The smallest absolute Gasteiger partial charge is 0.328 e. The lowest BCUT2D eigenvalue weighted by Crippen LogP contribution is -2.56. The lowest BCUT2D eigenvalue weighted by molar-refractivity contribution is -0.145. The SMILES string of the molecule is COC(=O)[C@H](Cc1ccc(-c2ccc(C#N)cc2)cc1)NC(=O)C1Cc2cc3c(cc2CN1S(=O)(=O)c1sc(NC(=O)C2CCCC2)nc1C)O[C@@H](c1ccc(OCc2ccc(Cl)c(Cl)c2)cc1)CO3. The zero-order valence-corrected chi connectivity index (χ0v) is 41.2. The molecule has 14 nitrogen and oxygen atoms in total. The number of methoxy groups -OCH3 is 1. The van der Waals surface area contributed by atoms with Crippen LogP contribution in [0.15, 0.2) is 107 Å². The molecule has 0 saturated heterocycles. The number of thiazole rings is 1. The molecule has 1 aromatic heterocycles. The molecule has 1 aliphatic carbocycles. The molecule has 0 radical (unpaired) electrons. The van der Waals surface area contributed by atoms with Crippen molar-refractivity contribution in [1.82, 2.24) is 14.6 Å². The number of aryl methyl sites for hydroxylation is 1. The Morgan fingerprint density at radius 1 is 0.886 bits per heavy atom. The number of halogens is 2. The number of carbonyl (C=O) groups is 3. The van der Waals surface area contributed by atoms with E-state index in [1.807, 2.05) is 66.7 Å². The maximum Gasteiger partial charge on any atom is 0.328 e. The number of amides is 2. The highest BCUT2D eigenvalue weighted by Gasteiger charge is 2.43. The Kier molecular flexibility index (Phi) is 14.5. The number of carbonyl (C=O) groups excluding carboxylic acids is 3. The third-order valence-corrected chi connectivity index (χ3v) is 17.0. The number of nitriles is 1. The van der Waals surface area contributed by atoms with Gasteiger partial charge in [0.1, 0.15) is 31.0 Å². The monoisotopic (exact) mass is 1020 g/mol. The molecule has 3 atom stereocenters. The Morgan fingerprint density at radius 2 is 1.57 bits per heavy atom. The first-order valence-corrected chi connectivity index (χ1v) is 25.7. The maximum absolute atomic E-state index is 15.0. The van der Waals surface area contributed by atoms with Gasteiger partial charge in [0.05, 0.1) is 34.5 Å². The van der Waals surface area contributed by atoms with Gasteiger partial charge < -0.3 is 29.6 Å². The number of hydrogen-bond donors (Lipinski definition) is 2. The molecular formula is C52H47Cl2N5O9S2. The molecule has 9 rings (SSSR count). The van der Waals surface area contributed by atoms with Gasteiger partial charge in [-0.2, -0.15) is 9.57 Å². The van der Waals surface area contributed by atoms with Crippen molar-refractivity contribution in [3.63, 3.8) is 0 Å². The number of fused-ring (bicyclic) bond motifs is 2. The van der Waals surface area contributed by atoms with Gasteiger partial charge in [0.25, 0.3) is 10.0 Å². The fourth-order valence-corrected chi connectivity index (χ4v) is 12.3. The number of rotatable bonds is 14. The fraction of sp³-hybridized carbons (Fsp3) is 0.288. The van der Waals surface area contributed by atoms with Crippen LogP contribution in [0.4, 0.5) is 5.13 Å². The van der Waals surface area contributed by atoms with Crippen molar-refractivity contribution in [2.75, 3.05) is 19.0 Å². The number of benzene rings is 5. The van der Waals surface area contributed by atoms with Gasteiger partial charge in [0.15, 0.2) is 26.9 Å². The van der Waals surface area contributed by atoms with Crippen molar-refractivity contribution in [2.24, 2.45) is 5.92 Å². The lowest BCUT2D eigenvalue weighted by Gasteiger charge is -2.36. The number of hydrogen-bond acceptors (Lipinski definition) is 12. The van der Waals surface area contributed by atoms with E-state index in [0.717, 1.165) is 63.6 Å². The van der Waals surface area contributed by atoms with Gasteiger partial charge in [-0.25, -0.2) is 18.2 Å². The van der Waals surface area contributed by atoms with Crippen LogP contribution in [0.3, 0.4) is 0 Å². The summed E-state index contributed by atoms with van der Waals surface area (Å²) in [6, 6.07) is 30.5. The van der Waals surface area contributed by atoms with E-state index in [2.05, 4.69) is 21.7 Å². The number of sulfonamides is 1. The first-order valence-electron chi connectivity index (χ1n) is 22.7. The Bertz CT molecular complexity index is 3100. The van der Waals surface area contributed by atoms with Gasteiger partial charge in [0.2, 0.25) is 11.8 Å². The Labute approximate surface area is 419 Å². The number of nitrogens with one attached hydrogen (secondary N) is 2. The summed E-state index contributed by atoms with van der Waals surface area (Å²) in [5.74, 6) is -0.331. The summed E-state index contributed by atoms with van der Waals surface area (Å²) in [5.41, 5.74) is 6.15. The first kappa shape index (κ1) is 48.5. The van der Waals surface area contributed by atoms with Crippen LogP contribution < -0.4 is 24.8 Å². The molecule has 5 aromatic carbocycles. The van der Waals surface area contributed by atoms with Gasteiger partial charge in [0, 0.05) is 18.9 Å². The summed E-state index contributed by atoms with van der Waals surface area (Å²) in [4.78, 5) is 45.5. The first-order chi connectivity index (χ1) is 33.8. The summed E-state index contributed by atoms with van der Waals surface area (Å²) in [7, 11) is -3.26. The highest BCUT2D eigenvalue weighted by atomic mass is 35.5. The number of aromatic nitrogens is 1. The maximum atomic E-state index is 15.0. The van der Waals surface area contributed by atoms with E-state index in [4.69, 9.17) is 42.1 Å². The topological polar surface area (TPSA) is 186 Å². The molecule has 2 N–H and O–H groups in total. The summed E-state index contributed by atoms with van der Waals surface area (Å²) >= 11 is 13.1.